The Kier molecular flexibility index (Phi) is 4.93. The van der Waals surface area contributed by atoms with Gasteiger partial charge in [-0.3, -0.25) is 9.59 Å². The summed E-state index contributed by atoms with van der Waals surface area (Å²) >= 11 is 0. The molecule has 1 saturated carbocycles. The second-order valence-electron chi connectivity index (χ2n) is 5.11. The van der Waals surface area contributed by atoms with Gasteiger partial charge >= 0.3 is 5.97 Å². The Bertz CT molecular complexity index is 291. The van der Waals surface area contributed by atoms with Crippen molar-refractivity contribution in [3.63, 3.8) is 0 Å². The molecule has 0 bridgehead atoms. The summed E-state index contributed by atoms with van der Waals surface area (Å²) in [5.74, 6) is -1.10. The van der Waals surface area contributed by atoms with Gasteiger partial charge in [0.05, 0.1) is 5.92 Å². The van der Waals surface area contributed by atoms with Crippen LogP contribution in [0, 0.1) is 11.8 Å². The molecule has 1 fully saturated rings. The smallest absolute Gasteiger partial charge is 0.306 e. The van der Waals surface area contributed by atoms with Crippen molar-refractivity contribution in [1.29, 1.82) is 0 Å². The summed E-state index contributed by atoms with van der Waals surface area (Å²) in [6.07, 6.45) is 1.84. The molecule has 5 nitrogen and oxygen atoms in total. The number of amides is 1. The van der Waals surface area contributed by atoms with Crippen molar-refractivity contribution in [1.82, 2.24) is 9.80 Å². The Morgan fingerprint density at radius 3 is 2.18 bits per heavy atom. The van der Waals surface area contributed by atoms with E-state index < -0.39 is 5.97 Å². The van der Waals surface area contributed by atoms with Gasteiger partial charge in [0.25, 0.3) is 0 Å². The highest BCUT2D eigenvalue weighted by atomic mass is 16.4. The van der Waals surface area contributed by atoms with Gasteiger partial charge in [0.2, 0.25) is 5.91 Å². The molecule has 17 heavy (non-hydrogen) atoms. The number of carboxylic acid groups (broad SMARTS) is 1. The molecule has 98 valence electrons. The first-order valence-electron chi connectivity index (χ1n) is 6.04. The molecular weight excluding hydrogens is 220 g/mol. The van der Waals surface area contributed by atoms with Gasteiger partial charge in [0.1, 0.15) is 0 Å². The highest BCUT2D eigenvalue weighted by molar-refractivity contribution is 5.80. The number of likely N-dealkylation sites (N-methyl/N-ethyl adjacent to an activating group) is 2. The molecule has 2 atom stereocenters. The Morgan fingerprint density at radius 1 is 1.12 bits per heavy atom. The zero-order chi connectivity index (χ0) is 13.0. The Hall–Kier alpha value is -1.10. The third kappa shape index (κ3) is 4.00. The van der Waals surface area contributed by atoms with E-state index in [1.54, 1.807) is 11.9 Å². The molecule has 1 amide bonds. The number of carbonyl (C=O) groups is 2. The van der Waals surface area contributed by atoms with E-state index in [1.165, 1.54) is 0 Å². The number of hydrogen-bond acceptors (Lipinski definition) is 3. The Labute approximate surface area is 102 Å². The first-order valence-corrected chi connectivity index (χ1v) is 6.04. The van der Waals surface area contributed by atoms with Gasteiger partial charge in [-0.1, -0.05) is 0 Å². The average molecular weight is 242 g/mol. The number of carboxylic acids is 1. The van der Waals surface area contributed by atoms with E-state index >= 15 is 0 Å². The number of carbonyl (C=O) groups excluding carboxylic acids is 1. The van der Waals surface area contributed by atoms with Crippen molar-refractivity contribution in [2.45, 2.75) is 19.3 Å². The van der Waals surface area contributed by atoms with Gasteiger partial charge in [-0.2, -0.15) is 0 Å². The molecule has 5 heteroatoms. The molecule has 1 N–H and O–H groups in total. The van der Waals surface area contributed by atoms with Crippen molar-refractivity contribution in [3.8, 4) is 0 Å². The molecule has 0 radical (unpaired) electrons. The molecule has 2 unspecified atom stereocenters. The van der Waals surface area contributed by atoms with E-state index in [4.69, 9.17) is 5.11 Å². The minimum Gasteiger partial charge on any atom is -0.481 e. The number of hydrogen-bond donors (Lipinski definition) is 1. The van der Waals surface area contributed by atoms with Gasteiger partial charge in [-0.05, 0) is 33.4 Å². The first-order chi connectivity index (χ1) is 7.91. The molecule has 0 aromatic heterocycles. The molecule has 0 saturated heterocycles. The highest BCUT2D eigenvalue weighted by Crippen LogP contribution is 2.32. The lowest BCUT2D eigenvalue weighted by Crippen LogP contribution is -2.36. The summed E-state index contributed by atoms with van der Waals surface area (Å²) in [6.45, 7) is 1.53. The molecule has 0 aromatic carbocycles. The maximum absolute atomic E-state index is 12.0. The van der Waals surface area contributed by atoms with Crippen LogP contribution >= 0.6 is 0 Å². The van der Waals surface area contributed by atoms with Crippen LogP contribution in [0.4, 0.5) is 0 Å². The van der Waals surface area contributed by atoms with E-state index in [9.17, 15) is 9.59 Å². The fourth-order valence-electron chi connectivity index (χ4n) is 2.20. The quantitative estimate of drug-likeness (QED) is 0.763. The van der Waals surface area contributed by atoms with Gasteiger partial charge in [-0.25, -0.2) is 0 Å². The minimum atomic E-state index is -0.767. The lowest BCUT2D eigenvalue weighted by atomic mass is 10.0. The lowest BCUT2D eigenvalue weighted by Gasteiger charge is -2.22. The zero-order valence-electron chi connectivity index (χ0n) is 10.8. The van der Waals surface area contributed by atoms with Crippen LogP contribution in [0.5, 0.6) is 0 Å². The van der Waals surface area contributed by atoms with Gasteiger partial charge in [0.15, 0.2) is 0 Å². The van der Waals surface area contributed by atoms with Crippen molar-refractivity contribution in [2.75, 3.05) is 34.2 Å². The van der Waals surface area contributed by atoms with Gasteiger partial charge in [-0.15, -0.1) is 0 Å². The minimum absolute atomic E-state index is 0.0931. The summed E-state index contributed by atoms with van der Waals surface area (Å²) in [5.41, 5.74) is 0. The van der Waals surface area contributed by atoms with Gasteiger partial charge < -0.3 is 14.9 Å². The molecule has 1 rings (SSSR count). The molecule has 0 aromatic rings. The highest BCUT2D eigenvalue weighted by Gasteiger charge is 2.34. The summed E-state index contributed by atoms with van der Waals surface area (Å²) in [7, 11) is 5.72. The Balaban J connectivity index is 2.40. The van der Waals surface area contributed by atoms with Crippen LogP contribution in [0.1, 0.15) is 19.3 Å². The van der Waals surface area contributed by atoms with Gasteiger partial charge in [0, 0.05) is 26.1 Å². The summed E-state index contributed by atoms with van der Waals surface area (Å²) in [5, 5.41) is 8.90. The fraction of sp³-hybridized carbons (Fsp3) is 0.833. The topological polar surface area (TPSA) is 60.9 Å². The van der Waals surface area contributed by atoms with E-state index in [1.807, 2.05) is 19.0 Å². The van der Waals surface area contributed by atoms with Crippen molar-refractivity contribution >= 4 is 11.9 Å². The van der Waals surface area contributed by atoms with Crippen molar-refractivity contribution < 1.29 is 14.7 Å². The number of nitrogens with zero attached hydrogens (tertiary/aromatic N) is 2. The summed E-state index contributed by atoms with van der Waals surface area (Å²) in [4.78, 5) is 26.6. The van der Waals surface area contributed by atoms with E-state index in [-0.39, 0.29) is 17.7 Å². The van der Waals surface area contributed by atoms with E-state index in [0.717, 1.165) is 6.54 Å². The molecular formula is C12H22N2O3. The van der Waals surface area contributed by atoms with Crippen LogP contribution in [-0.4, -0.2) is 61.0 Å². The average Bonchev–Trinajstić information content (AvgIpc) is 2.73. The monoisotopic (exact) mass is 242 g/mol. The third-order valence-electron chi connectivity index (χ3n) is 3.39. The van der Waals surface area contributed by atoms with E-state index in [0.29, 0.717) is 25.8 Å². The lowest BCUT2D eigenvalue weighted by molar-refractivity contribution is -0.141. The maximum Gasteiger partial charge on any atom is 0.306 e. The van der Waals surface area contributed by atoms with Crippen LogP contribution in [0.25, 0.3) is 0 Å². The largest absolute Gasteiger partial charge is 0.481 e. The summed E-state index contributed by atoms with van der Waals surface area (Å²) < 4.78 is 0. The molecule has 0 spiro atoms. The van der Waals surface area contributed by atoms with Crippen LogP contribution in [0.15, 0.2) is 0 Å². The predicted octanol–water partition coefficient (Wildman–Crippen LogP) is 0.507. The molecule has 1 aliphatic carbocycles. The number of aliphatic carboxylic acids is 1. The van der Waals surface area contributed by atoms with Crippen LogP contribution in [-0.2, 0) is 9.59 Å². The van der Waals surface area contributed by atoms with Crippen molar-refractivity contribution in [2.24, 2.45) is 11.8 Å². The maximum atomic E-state index is 12.0. The molecule has 0 aliphatic heterocycles. The zero-order valence-corrected chi connectivity index (χ0v) is 10.8. The molecule has 0 heterocycles. The first kappa shape index (κ1) is 14.0. The SMILES string of the molecule is CN(C)CCN(C)C(=O)C1CCC(C(=O)O)C1. The standard InChI is InChI=1S/C12H22N2O3/c1-13(2)6-7-14(3)11(15)9-4-5-10(8-9)12(16)17/h9-10H,4-8H2,1-3H3,(H,16,17). The van der Waals surface area contributed by atoms with Crippen molar-refractivity contribution in [3.05, 3.63) is 0 Å². The second-order valence-corrected chi connectivity index (χ2v) is 5.11. The number of rotatable bonds is 5. The van der Waals surface area contributed by atoms with Crippen LogP contribution in [0.2, 0.25) is 0 Å². The Morgan fingerprint density at radius 2 is 1.71 bits per heavy atom. The fourth-order valence-corrected chi connectivity index (χ4v) is 2.20. The summed E-state index contributed by atoms with van der Waals surface area (Å²) in [6, 6.07) is 0. The van der Waals surface area contributed by atoms with E-state index in [2.05, 4.69) is 0 Å². The second kappa shape index (κ2) is 6.00. The van der Waals surface area contributed by atoms with Crippen LogP contribution < -0.4 is 0 Å². The molecule has 1 aliphatic rings. The van der Waals surface area contributed by atoms with Crippen LogP contribution in [0.3, 0.4) is 0 Å². The normalized spacial score (nSPS) is 24.0. The third-order valence-corrected chi connectivity index (χ3v) is 3.39. The predicted molar refractivity (Wildman–Crippen MR) is 64.7 cm³/mol.